The van der Waals surface area contributed by atoms with Gasteiger partial charge in [0.25, 0.3) is 5.54 Å². The summed E-state index contributed by atoms with van der Waals surface area (Å²) in [7, 11) is 0. The lowest BCUT2D eigenvalue weighted by Gasteiger charge is -2.34. The Labute approximate surface area is 159 Å². The first-order valence-electron chi connectivity index (χ1n) is 8.54. The van der Waals surface area contributed by atoms with E-state index in [1.165, 1.54) is 12.1 Å². The lowest BCUT2D eigenvalue weighted by Crippen LogP contribution is -2.67. The topological polar surface area (TPSA) is 98.8 Å². The molecule has 0 aliphatic heterocycles. The number of ketones is 1. The summed E-state index contributed by atoms with van der Waals surface area (Å²) in [4.78, 5) is 51.1. The highest BCUT2D eigenvalue weighted by Gasteiger charge is 2.58. The number of rotatable bonds is 5. The monoisotopic (exact) mass is 377 g/mol. The molecule has 0 unspecified atom stereocenters. The van der Waals surface area contributed by atoms with Crippen LogP contribution in [-0.2, 0) is 23.9 Å². The maximum Gasteiger partial charge on any atom is 0.352 e. The van der Waals surface area contributed by atoms with Gasteiger partial charge in [0.15, 0.2) is 0 Å². The highest BCUT2D eigenvalue weighted by molar-refractivity contribution is 6.31. The molecular formula is C20H27NO6. The van der Waals surface area contributed by atoms with Crippen molar-refractivity contribution in [3.8, 4) is 0 Å². The highest BCUT2D eigenvalue weighted by Crippen LogP contribution is 2.24. The van der Waals surface area contributed by atoms with Crippen LogP contribution in [0.3, 0.4) is 0 Å². The average Bonchev–Trinajstić information content (AvgIpc) is 2.49. The van der Waals surface area contributed by atoms with Crippen LogP contribution in [0.1, 0.15) is 58.8 Å². The molecular weight excluding hydrogens is 350 g/mol. The van der Waals surface area contributed by atoms with Crippen molar-refractivity contribution in [1.29, 1.82) is 0 Å². The van der Waals surface area contributed by atoms with E-state index in [9.17, 15) is 19.2 Å². The largest absolute Gasteiger partial charge is 0.457 e. The molecule has 1 amide bonds. The van der Waals surface area contributed by atoms with Gasteiger partial charge in [0.05, 0.1) is 0 Å². The Bertz CT molecular complexity index is 697. The molecule has 0 radical (unpaired) electrons. The predicted octanol–water partition coefficient (Wildman–Crippen LogP) is 2.43. The predicted molar refractivity (Wildman–Crippen MR) is 99.0 cm³/mol. The Morgan fingerprint density at radius 1 is 0.778 bits per heavy atom. The first-order chi connectivity index (χ1) is 12.2. The third-order valence-corrected chi connectivity index (χ3v) is 3.15. The molecule has 1 aromatic rings. The first kappa shape index (κ1) is 22.3. The van der Waals surface area contributed by atoms with Crippen molar-refractivity contribution in [3.63, 3.8) is 0 Å². The average molecular weight is 377 g/mol. The van der Waals surface area contributed by atoms with Crippen LogP contribution in [0.2, 0.25) is 0 Å². The molecule has 0 saturated carbocycles. The Morgan fingerprint density at radius 3 is 1.52 bits per heavy atom. The van der Waals surface area contributed by atoms with Crippen LogP contribution < -0.4 is 5.32 Å². The summed E-state index contributed by atoms with van der Waals surface area (Å²) in [5.41, 5.74) is -4.59. The van der Waals surface area contributed by atoms with Gasteiger partial charge in [0, 0.05) is 12.5 Å². The van der Waals surface area contributed by atoms with Gasteiger partial charge in [0.2, 0.25) is 11.7 Å². The van der Waals surface area contributed by atoms with Crippen LogP contribution in [0.15, 0.2) is 30.3 Å². The van der Waals surface area contributed by atoms with E-state index in [0.717, 1.165) is 6.92 Å². The summed E-state index contributed by atoms with van der Waals surface area (Å²) in [5.74, 6) is -4.08. The Balaban J connectivity index is 3.62. The summed E-state index contributed by atoms with van der Waals surface area (Å²) in [6.07, 6.45) is 0. The molecule has 7 nitrogen and oxygen atoms in total. The lowest BCUT2D eigenvalue weighted by atomic mass is 9.88. The molecule has 0 heterocycles. The summed E-state index contributed by atoms with van der Waals surface area (Å²) in [6, 6.07) is 7.71. The zero-order chi connectivity index (χ0) is 21.0. The number of carbonyl (C=O) groups excluding carboxylic acids is 4. The Kier molecular flexibility index (Phi) is 6.54. The molecule has 0 atom stereocenters. The fourth-order valence-electron chi connectivity index (χ4n) is 2.21. The fourth-order valence-corrected chi connectivity index (χ4v) is 2.21. The second-order valence-electron chi connectivity index (χ2n) is 8.13. The lowest BCUT2D eigenvalue weighted by molar-refractivity contribution is -0.176. The number of esters is 2. The molecule has 0 aliphatic rings. The maximum absolute atomic E-state index is 13.2. The SMILES string of the molecule is CC(=O)NC(C(=O)OC(C)(C)C)(C(=O)OC(C)(C)C)C(=O)c1ccccc1. The number of amides is 1. The zero-order valence-electron chi connectivity index (χ0n) is 16.8. The van der Waals surface area contributed by atoms with E-state index in [1.807, 2.05) is 0 Å². The number of hydrogen-bond donors (Lipinski definition) is 1. The minimum Gasteiger partial charge on any atom is -0.457 e. The van der Waals surface area contributed by atoms with Crippen LogP contribution >= 0.6 is 0 Å². The Hall–Kier alpha value is -2.70. The third kappa shape index (κ3) is 5.91. The van der Waals surface area contributed by atoms with Crippen molar-refractivity contribution in [3.05, 3.63) is 35.9 Å². The minimum absolute atomic E-state index is 0.0583. The van der Waals surface area contributed by atoms with E-state index in [0.29, 0.717) is 0 Å². The van der Waals surface area contributed by atoms with Gasteiger partial charge < -0.3 is 14.8 Å². The van der Waals surface area contributed by atoms with Gasteiger partial charge in [-0.25, -0.2) is 9.59 Å². The van der Waals surface area contributed by atoms with Crippen molar-refractivity contribution < 1.29 is 28.7 Å². The van der Waals surface area contributed by atoms with Gasteiger partial charge in [0.1, 0.15) is 11.2 Å². The third-order valence-electron chi connectivity index (χ3n) is 3.15. The number of hydrogen-bond acceptors (Lipinski definition) is 6. The summed E-state index contributed by atoms with van der Waals surface area (Å²) in [6.45, 7) is 10.6. The number of nitrogens with one attached hydrogen (secondary N) is 1. The van der Waals surface area contributed by atoms with E-state index in [-0.39, 0.29) is 5.56 Å². The van der Waals surface area contributed by atoms with Crippen LogP contribution in [0.5, 0.6) is 0 Å². The summed E-state index contributed by atoms with van der Waals surface area (Å²) >= 11 is 0. The van der Waals surface area contributed by atoms with Crippen molar-refractivity contribution in [1.82, 2.24) is 5.32 Å². The quantitative estimate of drug-likeness (QED) is 0.481. The van der Waals surface area contributed by atoms with Crippen molar-refractivity contribution in [2.45, 2.75) is 65.2 Å². The molecule has 0 saturated heterocycles. The smallest absolute Gasteiger partial charge is 0.352 e. The molecule has 1 aromatic carbocycles. The second-order valence-corrected chi connectivity index (χ2v) is 8.13. The number of carbonyl (C=O) groups is 4. The second kappa shape index (κ2) is 7.90. The van der Waals surface area contributed by atoms with Crippen LogP contribution in [0, 0.1) is 0 Å². The van der Waals surface area contributed by atoms with Crippen LogP contribution in [0.4, 0.5) is 0 Å². The molecule has 0 aromatic heterocycles. The molecule has 0 spiro atoms. The molecule has 0 aliphatic carbocycles. The van der Waals surface area contributed by atoms with Crippen molar-refractivity contribution in [2.24, 2.45) is 0 Å². The van der Waals surface area contributed by atoms with Gasteiger partial charge >= 0.3 is 11.9 Å². The summed E-state index contributed by atoms with van der Waals surface area (Å²) in [5, 5.41) is 2.20. The fraction of sp³-hybridized carbons (Fsp3) is 0.500. The van der Waals surface area contributed by atoms with Gasteiger partial charge in [-0.1, -0.05) is 30.3 Å². The van der Waals surface area contributed by atoms with Crippen LogP contribution in [0.25, 0.3) is 0 Å². The van der Waals surface area contributed by atoms with E-state index in [2.05, 4.69) is 5.32 Å². The molecule has 1 rings (SSSR count). The maximum atomic E-state index is 13.2. The first-order valence-corrected chi connectivity index (χ1v) is 8.54. The standard InChI is InChI=1S/C20H27NO6/c1-13(22)21-20(16(24)26-18(2,3)4,17(25)27-19(5,6)7)15(23)14-11-9-8-10-12-14/h8-12H,1-7H3,(H,21,22). The summed E-state index contributed by atoms with van der Waals surface area (Å²) < 4.78 is 10.6. The van der Waals surface area contributed by atoms with Crippen molar-refractivity contribution in [2.75, 3.05) is 0 Å². The van der Waals surface area contributed by atoms with E-state index in [4.69, 9.17) is 9.47 Å². The van der Waals surface area contributed by atoms with Crippen molar-refractivity contribution >= 4 is 23.6 Å². The normalized spacial score (nSPS) is 12.1. The van der Waals surface area contributed by atoms with Gasteiger partial charge in [-0.05, 0) is 41.5 Å². The van der Waals surface area contributed by atoms with E-state index in [1.54, 1.807) is 59.7 Å². The molecule has 0 bridgehead atoms. The molecule has 0 fully saturated rings. The highest BCUT2D eigenvalue weighted by atomic mass is 16.6. The number of Topliss-reactive ketones (excluding diaryl/α,β-unsaturated/α-hetero) is 1. The van der Waals surface area contributed by atoms with E-state index >= 15 is 0 Å². The molecule has 27 heavy (non-hydrogen) atoms. The van der Waals surface area contributed by atoms with Gasteiger partial charge in [-0.15, -0.1) is 0 Å². The number of ether oxygens (including phenoxy) is 2. The molecule has 7 heteroatoms. The molecule has 148 valence electrons. The van der Waals surface area contributed by atoms with Gasteiger partial charge in [-0.3, -0.25) is 9.59 Å². The molecule has 1 N–H and O–H groups in total. The number of benzene rings is 1. The van der Waals surface area contributed by atoms with Gasteiger partial charge in [-0.2, -0.15) is 0 Å². The van der Waals surface area contributed by atoms with Crippen LogP contribution in [-0.4, -0.2) is 40.4 Å². The zero-order valence-corrected chi connectivity index (χ0v) is 16.8. The van der Waals surface area contributed by atoms with E-state index < -0.39 is 40.4 Å². The minimum atomic E-state index is -2.65. The Morgan fingerprint density at radius 2 is 1.19 bits per heavy atom.